The molecule has 0 heterocycles. The first kappa shape index (κ1) is 29.2. The Hall–Kier alpha value is -3.38. The molecule has 0 aliphatic carbocycles. The highest BCUT2D eigenvalue weighted by atomic mass is 28.4. The molecular weight excluding hydrogens is 490 g/mol. The molecule has 0 spiro atoms. The zero-order chi connectivity index (χ0) is 28.3. The Morgan fingerprint density at radius 2 is 1.47 bits per heavy atom. The smallest absolute Gasteiger partial charge is 0.336 e. The van der Waals surface area contributed by atoms with E-state index in [1.165, 1.54) is 6.08 Å². The predicted molar refractivity (Wildman–Crippen MR) is 159 cm³/mol. The van der Waals surface area contributed by atoms with E-state index in [1.807, 2.05) is 87.2 Å². The van der Waals surface area contributed by atoms with E-state index in [-0.39, 0.29) is 28.8 Å². The number of nitrogens with zero attached hydrogens (tertiary/aromatic N) is 1. The molecule has 0 aromatic heterocycles. The molecule has 0 saturated heterocycles. The van der Waals surface area contributed by atoms with E-state index in [9.17, 15) is 9.59 Å². The fourth-order valence-electron chi connectivity index (χ4n) is 4.20. The van der Waals surface area contributed by atoms with Crippen LogP contribution in [0.25, 0.3) is 16.8 Å². The summed E-state index contributed by atoms with van der Waals surface area (Å²) in [6.07, 6.45) is 3.08. The lowest BCUT2D eigenvalue weighted by molar-refractivity contribution is -0.128. The first-order valence-corrected chi connectivity index (χ1v) is 16.2. The van der Waals surface area contributed by atoms with Gasteiger partial charge in [0.2, 0.25) is 0 Å². The van der Waals surface area contributed by atoms with E-state index in [0.29, 0.717) is 16.7 Å². The summed E-state index contributed by atoms with van der Waals surface area (Å²) in [5.41, 5.74) is 1.23. The number of hydrogen-bond acceptors (Lipinski definition) is 4. The van der Waals surface area contributed by atoms with Crippen LogP contribution in [0.1, 0.15) is 64.4 Å². The molecule has 3 aromatic rings. The second kappa shape index (κ2) is 11.6. The van der Waals surface area contributed by atoms with Gasteiger partial charge in [0.15, 0.2) is 0 Å². The normalized spacial score (nSPS) is 12.4. The van der Waals surface area contributed by atoms with Crippen LogP contribution in [0, 0.1) is 0 Å². The van der Waals surface area contributed by atoms with Crippen LogP contribution in [0.15, 0.2) is 66.7 Å². The molecule has 3 aromatic carbocycles. The van der Waals surface area contributed by atoms with E-state index < -0.39 is 14.3 Å². The summed E-state index contributed by atoms with van der Waals surface area (Å²) in [6, 6.07) is 18.8. The number of carbonyl (C=O) groups is 2. The Morgan fingerprint density at radius 1 is 0.842 bits per heavy atom. The third-order valence-electron chi connectivity index (χ3n) is 7.12. The van der Waals surface area contributed by atoms with Gasteiger partial charge in [0.25, 0.3) is 14.2 Å². The molecule has 38 heavy (non-hydrogen) atoms. The molecule has 3 rings (SSSR count). The summed E-state index contributed by atoms with van der Waals surface area (Å²) in [7, 11) is -2.23. The van der Waals surface area contributed by atoms with Gasteiger partial charge in [0.05, 0.1) is 5.56 Å². The Kier molecular flexibility index (Phi) is 8.88. The first-order valence-electron chi connectivity index (χ1n) is 13.3. The quantitative estimate of drug-likeness (QED) is 0.128. The molecule has 0 radical (unpaired) electrons. The van der Waals surface area contributed by atoms with Crippen molar-refractivity contribution in [2.24, 2.45) is 0 Å². The van der Waals surface area contributed by atoms with Crippen LogP contribution in [-0.4, -0.2) is 37.2 Å². The van der Waals surface area contributed by atoms with Gasteiger partial charge in [0, 0.05) is 23.5 Å². The summed E-state index contributed by atoms with van der Waals surface area (Å²) < 4.78 is 12.6. The fraction of sp³-hybridized carbons (Fsp3) is 0.375. The number of esters is 1. The minimum absolute atomic E-state index is 0.0342. The molecule has 202 valence electrons. The van der Waals surface area contributed by atoms with Crippen molar-refractivity contribution in [1.82, 2.24) is 4.90 Å². The second-order valence-corrected chi connectivity index (χ2v) is 16.4. The monoisotopic (exact) mass is 531 g/mol. The van der Waals surface area contributed by atoms with Crippen LogP contribution < -0.4 is 9.16 Å². The van der Waals surface area contributed by atoms with Crippen molar-refractivity contribution in [3.05, 3.63) is 77.9 Å². The highest BCUT2D eigenvalue weighted by molar-refractivity contribution is 6.74. The molecule has 0 atom stereocenters. The third kappa shape index (κ3) is 6.54. The van der Waals surface area contributed by atoms with E-state index in [2.05, 4.69) is 33.9 Å². The Balaban J connectivity index is 2.19. The van der Waals surface area contributed by atoms with Crippen molar-refractivity contribution in [2.75, 3.05) is 0 Å². The lowest BCUT2D eigenvalue weighted by Gasteiger charge is -2.37. The van der Waals surface area contributed by atoms with Crippen LogP contribution in [0.5, 0.6) is 11.5 Å². The lowest BCUT2D eigenvalue weighted by atomic mass is 10.00. The Labute approximate surface area is 228 Å². The molecule has 1 amide bonds. The standard InChI is InChI=1S/C32H41NO4Si/c1-22(2)33(23(3)4)31(35)30-26(36-28(34)21-18-24-14-11-10-12-15-24)20-19-25-16-13-17-27(29(25)30)37-38(8,9)32(5,6)7/h10-23H,1-9H3/b21-18+. The topological polar surface area (TPSA) is 55.8 Å². The molecular formula is C32H41NO4Si. The molecule has 0 bridgehead atoms. The number of carbonyl (C=O) groups excluding carboxylic acids is 2. The van der Waals surface area contributed by atoms with Gasteiger partial charge in [-0.05, 0) is 75.0 Å². The third-order valence-corrected chi connectivity index (χ3v) is 11.5. The van der Waals surface area contributed by atoms with Gasteiger partial charge < -0.3 is 14.1 Å². The Bertz CT molecular complexity index is 1310. The second-order valence-electron chi connectivity index (χ2n) is 11.7. The summed E-state index contributed by atoms with van der Waals surface area (Å²) in [4.78, 5) is 28.9. The number of fused-ring (bicyclic) bond motifs is 1. The molecule has 0 unspecified atom stereocenters. The zero-order valence-electron chi connectivity index (χ0n) is 24.2. The minimum Gasteiger partial charge on any atom is -0.543 e. The molecule has 0 aliphatic rings. The van der Waals surface area contributed by atoms with Gasteiger partial charge in [0.1, 0.15) is 11.5 Å². The summed E-state index contributed by atoms with van der Waals surface area (Å²) in [5, 5.41) is 1.50. The van der Waals surface area contributed by atoms with Crippen molar-refractivity contribution in [1.29, 1.82) is 0 Å². The van der Waals surface area contributed by atoms with Gasteiger partial charge in [-0.1, -0.05) is 69.3 Å². The maximum atomic E-state index is 14.2. The van der Waals surface area contributed by atoms with Gasteiger partial charge in [-0.3, -0.25) is 4.79 Å². The van der Waals surface area contributed by atoms with E-state index in [4.69, 9.17) is 9.16 Å². The highest BCUT2D eigenvalue weighted by Gasteiger charge is 2.40. The number of rotatable bonds is 8. The predicted octanol–water partition coefficient (Wildman–Crippen LogP) is 8.10. The molecule has 0 aliphatic heterocycles. The first-order chi connectivity index (χ1) is 17.7. The van der Waals surface area contributed by atoms with Gasteiger partial charge in [-0.25, -0.2) is 4.79 Å². The van der Waals surface area contributed by atoms with Crippen molar-refractivity contribution >= 4 is 37.0 Å². The number of hydrogen-bond donors (Lipinski definition) is 0. The minimum atomic E-state index is -2.23. The van der Waals surface area contributed by atoms with Crippen LogP contribution in [-0.2, 0) is 4.79 Å². The fourth-order valence-corrected chi connectivity index (χ4v) is 5.23. The Morgan fingerprint density at radius 3 is 2.05 bits per heavy atom. The van der Waals surface area contributed by atoms with Crippen LogP contribution in [0.4, 0.5) is 0 Å². The lowest BCUT2D eigenvalue weighted by Crippen LogP contribution is -2.44. The van der Waals surface area contributed by atoms with E-state index in [0.717, 1.165) is 10.9 Å². The largest absolute Gasteiger partial charge is 0.543 e. The molecule has 6 heteroatoms. The summed E-state index contributed by atoms with van der Waals surface area (Å²) >= 11 is 0. The maximum Gasteiger partial charge on any atom is 0.336 e. The summed E-state index contributed by atoms with van der Waals surface area (Å²) in [5.74, 6) is 0.123. The summed E-state index contributed by atoms with van der Waals surface area (Å²) in [6.45, 7) is 18.9. The zero-order valence-corrected chi connectivity index (χ0v) is 25.2. The average Bonchev–Trinajstić information content (AvgIpc) is 2.82. The van der Waals surface area contributed by atoms with Crippen LogP contribution in [0.3, 0.4) is 0 Å². The molecule has 0 N–H and O–H groups in total. The average molecular weight is 532 g/mol. The number of benzene rings is 3. The van der Waals surface area contributed by atoms with E-state index >= 15 is 0 Å². The van der Waals surface area contributed by atoms with Crippen molar-refractivity contribution in [2.45, 2.75) is 78.7 Å². The molecule has 0 saturated carbocycles. The van der Waals surface area contributed by atoms with Crippen molar-refractivity contribution in [3.8, 4) is 11.5 Å². The maximum absolute atomic E-state index is 14.2. The number of ether oxygens (including phenoxy) is 1. The van der Waals surface area contributed by atoms with Crippen LogP contribution >= 0.6 is 0 Å². The van der Waals surface area contributed by atoms with Crippen molar-refractivity contribution < 1.29 is 18.8 Å². The van der Waals surface area contributed by atoms with Gasteiger partial charge >= 0.3 is 5.97 Å². The van der Waals surface area contributed by atoms with E-state index in [1.54, 1.807) is 12.1 Å². The SMILES string of the molecule is CC(C)N(C(=O)c1c(OC(=O)/C=C/c2ccccc2)ccc2cccc(O[Si](C)(C)C(C)(C)C)c12)C(C)C. The molecule has 5 nitrogen and oxygen atoms in total. The van der Waals surface area contributed by atoms with Gasteiger partial charge in [-0.15, -0.1) is 0 Å². The number of amides is 1. The van der Waals surface area contributed by atoms with Gasteiger partial charge in [-0.2, -0.15) is 0 Å². The highest BCUT2D eigenvalue weighted by Crippen LogP contribution is 2.42. The molecule has 0 fully saturated rings. The van der Waals surface area contributed by atoms with Crippen LogP contribution in [0.2, 0.25) is 18.1 Å². The van der Waals surface area contributed by atoms with Crippen molar-refractivity contribution in [3.63, 3.8) is 0 Å².